The lowest BCUT2D eigenvalue weighted by Gasteiger charge is -2.04. The average molecular weight is 314 g/mol. The molecule has 5 nitrogen and oxygen atoms in total. The maximum Gasteiger partial charge on any atom is 0.191 e. The molecule has 0 unspecified atom stereocenters. The third-order valence-corrected chi connectivity index (χ3v) is 4.68. The van der Waals surface area contributed by atoms with Crippen LogP contribution in [0.4, 0.5) is 0 Å². The van der Waals surface area contributed by atoms with E-state index in [0.717, 1.165) is 39.3 Å². The molecule has 3 aromatic rings. The molecule has 0 spiro atoms. The van der Waals surface area contributed by atoms with Crippen molar-refractivity contribution in [3.8, 4) is 11.4 Å². The Kier molecular flexibility index (Phi) is 4.02. The van der Waals surface area contributed by atoms with Crippen LogP contribution in [0, 0.1) is 20.8 Å². The van der Waals surface area contributed by atoms with Crippen LogP contribution in [-0.2, 0) is 12.8 Å². The number of hydrogen-bond donors (Lipinski definition) is 0. The molecule has 22 heavy (non-hydrogen) atoms. The summed E-state index contributed by atoms with van der Waals surface area (Å²) in [6, 6.07) is 8.29. The number of aryl methyl sites for hydroxylation is 3. The third kappa shape index (κ3) is 2.78. The minimum absolute atomic E-state index is 0.779. The van der Waals surface area contributed by atoms with E-state index in [1.807, 2.05) is 31.5 Å². The molecule has 2 aromatic heterocycles. The van der Waals surface area contributed by atoms with Crippen molar-refractivity contribution in [2.75, 3.05) is 0 Å². The second-order valence-electron chi connectivity index (χ2n) is 5.33. The Morgan fingerprint density at radius 2 is 2.00 bits per heavy atom. The van der Waals surface area contributed by atoms with Gasteiger partial charge in [-0.3, -0.25) is 0 Å². The summed E-state index contributed by atoms with van der Waals surface area (Å²) in [5, 5.41) is 13.5. The zero-order valence-corrected chi connectivity index (χ0v) is 13.9. The van der Waals surface area contributed by atoms with Crippen molar-refractivity contribution in [1.29, 1.82) is 0 Å². The lowest BCUT2D eigenvalue weighted by Crippen LogP contribution is -1.95. The second-order valence-corrected chi connectivity index (χ2v) is 6.27. The Morgan fingerprint density at radius 1 is 1.18 bits per heavy atom. The molecule has 0 amide bonds. The van der Waals surface area contributed by atoms with Crippen LogP contribution in [0.3, 0.4) is 0 Å². The highest BCUT2D eigenvalue weighted by atomic mass is 32.2. The molecule has 0 saturated carbocycles. The first kappa shape index (κ1) is 14.8. The van der Waals surface area contributed by atoms with Gasteiger partial charge in [0.1, 0.15) is 5.76 Å². The molecular weight excluding hydrogens is 296 g/mol. The Morgan fingerprint density at radius 3 is 2.68 bits per heavy atom. The van der Waals surface area contributed by atoms with Crippen molar-refractivity contribution in [2.45, 2.75) is 31.7 Å². The number of benzene rings is 1. The average Bonchev–Trinajstić information content (AvgIpc) is 3.01. The van der Waals surface area contributed by atoms with Crippen LogP contribution in [0.2, 0.25) is 0 Å². The van der Waals surface area contributed by atoms with Crippen LogP contribution in [0.15, 0.2) is 33.9 Å². The van der Waals surface area contributed by atoms with E-state index in [2.05, 4.69) is 40.5 Å². The van der Waals surface area contributed by atoms with Crippen LogP contribution in [0.25, 0.3) is 11.4 Å². The lowest BCUT2D eigenvalue weighted by molar-refractivity contribution is 0.392. The van der Waals surface area contributed by atoms with Crippen LogP contribution in [-0.4, -0.2) is 19.9 Å². The molecular formula is C16H18N4OS. The number of nitrogens with zero attached hydrogens (tertiary/aromatic N) is 4. The molecule has 0 bridgehead atoms. The zero-order chi connectivity index (χ0) is 15.7. The quantitative estimate of drug-likeness (QED) is 0.687. The SMILES string of the molecule is Cc1cccc(-c2nnc(SCc3c(C)noc3C)n2C)c1. The van der Waals surface area contributed by atoms with E-state index in [1.54, 1.807) is 11.8 Å². The number of rotatable bonds is 4. The molecule has 0 aliphatic rings. The van der Waals surface area contributed by atoms with Gasteiger partial charge in [-0.1, -0.05) is 40.7 Å². The smallest absolute Gasteiger partial charge is 0.191 e. The summed E-state index contributed by atoms with van der Waals surface area (Å²) in [4.78, 5) is 0. The standard InChI is InChI=1S/C16H18N4OS/c1-10-6-5-7-13(8-10)15-17-18-16(20(15)4)22-9-14-11(2)19-21-12(14)3/h5-8H,9H2,1-4H3. The van der Waals surface area contributed by atoms with E-state index in [9.17, 15) is 0 Å². The van der Waals surface area contributed by atoms with E-state index in [-0.39, 0.29) is 0 Å². The maximum atomic E-state index is 5.20. The first-order chi connectivity index (χ1) is 10.6. The largest absolute Gasteiger partial charge is 0.361 e. The van der Waals surface area contributed by atoms with Crippen molar-refractivity contribution in [2.24, 2.45) is 7.05 Å². The summed E-state index contributed by atoms with van der Waals surface area (Å²) >= 11 is 1.64. The predicted molar refractivity (Wildman–Crippen MR) is 86.7 cm³/mol. The monoisotopic (exact) mass is 314 g/mol. The fourth-order valence-electron chi connectivity index (χ4n) is 2.32. The van der Waals surface area contributed by atoms with Crippen molar-refractivity contribution in [3.05, 3.63) is 46.8 Å². The van der Waals surface area contributed by atoms with Crippen molar-refractivity contribution < 1.29 is 4.52 Å². The summed E-state index contributed by atoms with van der Waals surface area (Å²) in [6.45, 7) is 5.97. The Labute approximate surface area is 133 Å². The zero-order valence-electron chi connectivity index (χ0n) is 13.1. The molecule has 0 atom stereocenters. The van der Waals surface area contributed by atoms with Crippen molar-refractivity contribution >= 4 is 11.8 Å². The Balaban J connectivity index is 1.82. The molecule has 0 saturated heterocycles. The van der Waals surface area contributed by atoms with E-state index < -0.39 is 0 Å². The van der Waals surface area contributed by atoms with Gasteiger partial charge >= 0.3 is 0 Å². The van der Waals surface area contributed by atoms with Crippen LogP contribution >= 0.6 is 11.8 Å². The van der Waals surface area contributed by atoms with Crippen molar-refractivity contribution in [1.82, 2.24) is 19.9 Å². The van der Waals surface area contributed by atoms with E-state index in [1.165, 1.54) is 5.56 Å². The molecule has 2 heterocycles. The highest BCUT2D eigenvalue weighted by molar-refractivity contribution is 7.98. The van der Waals surface area contributed by atoms with Gasteiger partial charge < -0.3 is 9.09 Å². The van der Waals surface area contributed by atoms with Crippen LogP contribution in [0.5, 0.6) is 0 Å². The van der Waals surface area contributed by atoms with Gasteiger partial charge in [0.15, 0.2) is 11.0 Å². The highest BCUT2D eigenvalue weighted by Gasteiger charge is 2.14. The first-order valence-corrected chi connectivity index (χ1v) is 8.06. The molecule has 0 fully saturated rings. The fourth-order valence-corrected chi connectivity index (χ4v) is 3.39. The third-order valence-electron chi connectivity index (χ3n) is 3.64. The minimum atomic E-state index is 0.779. The van der Waals surface area contributed by atoms with Gasteiger partial charge in [0, 0.05) is 23.9 Å². The number of aromatic nitrogens is 4. The Hall–Kier alpha value is -2.08. The number of thioether (sulfide) groups is 1. The van der Waals surface area contributed by atoms with Gasteiger partial charge in [-0.25, -0.2) is 0 Å². The molecule has 0 aliphatic heterocycles. The summed E-state index contributed by atoms with van der Waals surface area (Å²) in [5.74, 6) is 2.53. The van der Waals surface area contributed by atoms with E-state index in [4.69, 9.17) is 4.52 Å². The summed E-state index contributed by atoms with van der Waals surface area (Å²) < 4.78 is 7.22. The van der Waals surface area contributed by atoms with Gasteiger partial charge in [-0.15, -0.1) is 10.2 Å². The predicted octanol–water partition coefficient (Wildman–Crippen LogP) is 3.69. The lowest BCUT2D eigenvalue weighted by atomic mass is 10.1. The van der Waals surface area contributed by atoms with E-state index in [0.29, 0.717) is 0 Å². The fraction of sp³-hybridized carbons (Fsp3) is 0.312. The van der Waals surface area contributed by atoms with E-state index >= 15 is 0 Å². The van der Waals surface area contributed by atoms with Gasteiger partial charge in [0.25, 0.3) is 0 Å². The summed E-state index contributed by atoms with van der Waals surface area (Å²) in [6.07, 6.45) is 0. The van der Waals surface area contributed by atoms with Gasteiger partial charge in [-0.05, 0) is 26.8 Å². The topological polar surface area (TPSA) is 56.7 Å². The molecule has 114 valence electrons. The maximum absolute atomic E-state index is 5.20. The second kappa shape index (κ2) is 5.96. The normalized spacial score (nSPS) is 11.1. The van der Waals surface area contributed by atoms with Gasteiger partial charge in [-0.2, -0.15) is 0 Å². The summed E-state index contributed by atoms with van der Waals surface area (Å²) in [7, 11) is 1.99. The first-order valence-electron chi connectivity index (χ1n) is 7.07. The van der Waals surface area contributed by atoms with Crippen molar-refractivity contribution in [3.63, 3.8) is 0 Å². The van der Waals surface area contributed by atoms with Gasteiger partial charge in [0.2, 0.25) is 0 Å². The molecule has 0 N–H and O–H groups in total. The molecule has 6 heteroatoms. The molecule has 3 rings (SSSR count). The van der Waals surface area contributed by atoms with Crippen LogP contribution < -0.4 is 0 Å². The Bertz CT molecular complexity index is 787. The van der Waals surface area contributed by atoms with Gasteiger partial charge in [0.05, 0.1) is 5.69 Å². The summed E-state index contributed by atoms with van der Waals surface area (Å²) in [5.41, 5.74) is 4.36. The number of hydrogen-bond acceptors (Lipinski definition) is 5. The molecule has 0 aliphatic carbocycles. The molecule has 0 radical (unpaired) electrons. The molecule has 1 aromatic carbocycles. The van der Waals surface area contributed by atoms with Crippen LogP contribution in [0.1, 0.15) is 22.6 Å². The highest BCUT2D eigenvalue weighted by Crippen LogP contribution is 2.27. The minimum Gasteiger partial charge on any atom is -0.361 e.